The fourth-order valence-electron chi connectivity index (χ4n) is 2.25. The van der Waals surface area contributed by atoms with Gasteiger partial charge in [-0.1, -0.05) is 19.1 Å². The number of nitrogens with two attached hydrogens (primary N) is 1. The lowest BCUT2D eigenvalue weighted by molar-refractivity contribution is 0.0731. The van der Waals surface area contributed by atoms with Gasteiger partial charge in [0.1, 0.15) is 0 Å². The highest BCUT2D eigenvalue weighted by molar-refractivity contribution is 14.0. The Bertz CT molecular complexity index is 629. The van der Waals surface area contributed by atoms with Crippen LogP contribution in [0.1, 0.15) is 12.5 Å². The molecular formula is C15H25IN4O3S. The van der Waals surface area contributed by atoms with E-state index in [2.05, 4.69) is 17.2 Å². The molecule has 0 atom stereocenters. The highest BCUT2D eigenvalue weighted by Gasteiger charge is 2.23. The van der Waals surface area contributed by atoms with Crippen LogP contribution in [0.3, 0.4) is 0 Å². The molecule has 9 heteroatoms. The lowest BCUT2D eigenvalue weighted by atomic mass is 10.1. The van der Waals surface area contributed by atoms with Gasteiger partial charge in [0.15, 0.2) is 5.96 Å². The molecule has 1 aliphatic heterocycles. The van der Waals surface area contributed by atoms with Crippen LogP contribution in [0.15, 0.2) is 29.3 Å². The van der Waals surface area contributed by atoms with E-state index in [0.29, 0.717) is 26.3 Å². The molecule has 3 N–H and O–H groups in total. The predicted molar refractivity (Wildman–Crippen MR) is 108 cm³/mol. The van der Waals surface area contributed by atoms with Crippen LogP contribution in [0.25, 0.3) is 0 Å². The standard InChI is InChI=1S/C15H24N4O3S.HI/c1-2-13-3-5-14(6-4-13)18-15(16)17-7-12-23(20,21)19-8-10-22-11-9-19;/h3-6H,2,7-12H2,1H3,(H3,16,17,18);1H. The maximum absolute atomic E-state index is 12.1. The number of aryl methyl sites for hydroxylation is 1. The molecule has 136 valence electrons. The van der Waals surface area contributed by atoms with Crippen LogP contribution in [-0.2, 0) is 21.2 Å². The molecule has 0 aliphatic carbocycles. The quantitative estimate of drug-likeness (QED) is 0.372. The Morgan fingerprint density at radius 1 is 1.29 bits per heavy atom. The average molecular weight is 468 g/mol. The second-order valence-electron chi connectivity index (χ2n) is 5.27. The van der Waals surface area contributed by atoms with Crippen molar-refractivity contribution in [1.82, 2.24) is 4.31 Å². The first-order valence-electron chi connectivity index (χ1n) is 7.72. The van der Waals surface area contributed by atoms with Gasteiger partial charge in [0.2, 0.25) is 10.0 Å². The van der Waals surface area contributed by atoms with Crippen LogP contribution >= 0.6 is 24.0 Å². The van der Waals surface area contributed by atoms with E-state index in [0.717, 1.165) is 12.1 Å². The maximum atomic E-state index is 12.1. The Morgan fingerprint density at radius 3 is 2.50 bits per heavy atom. The Kier molecular flexibility index (Phi) is 8.95. The number of ether oxygens (including phenoxy) is 1. The summed E-state index contributed by atoms with van der Waals surface area (Å²) >= 11 is 0. The van der Waals surface area contributed by atoms with E-state index in [-0.39, 0.29) is 42.2 Å². The summed E-state index contributed by atoms with van der Waals surface area (Å²) in [6.45, 7) is 3.92. The number of benzene rings is 1. The number of aliphatic imine (C=N–C) groups is 1. The molecule has 24 heavy (non-hydrogen) atoms. The second-order valence-corrected chi connectivity index (χ2v) is 7.36. The molecule has 0 bridgehead atoms. The van der Waals surface area contributed by atoms with Crippen LogP contribution in [0, 0.1) is 0 Å². The monoisotopic (exact) mass is 468 g/mol. The van der Waals surface area contributed by atoms with Crippen LogP contribution in [0.4, 0.5) is 5.69 Å². The molecule has 0 saturated carbocycles. The number of nitrogens with one attached hydrogen (secondary N) is 1. The summed E-state index contributed by atoms with van der Waals surface area (Å²) in [5.74, 6) is 0.163. The maximum Gasteiger partial charge on any atom is 0.216 e. The minimum Gasteiger partial charge on any atom is -0.379 e. The fraction of sp³-hybridized carbons (Fsp3) is 0.533. The predicted octanol–water partition coefficient (Wildman–Crippen LogP) is 1.26. The smallest absolute Gasteiger partial charge is 0.216 e. The Hall–Kier alpha value is -0.910. The van der Waals surface area contributed by atoms with E-state index in [1.54, 1.807) is 0 Å². The third kappa shape index (κ3) is 6.54. The van der Waals surface area contributed by atoms with Gasteiger partial charge in [-0.05, 0) is 24.1 Å². The van der Waals surface area contributed by atoms with Gasteiger partial charge in [0, 0.05) is 18.8 Å². The molecule has 0 amide bonds. The number of halogens is 1. The van der Waals surface area contributed by atoms with Gasteiger partial charge in [0.05, 0.1) is 25.5 Å². The summed E-state index contributed by atoms with van der Waals surface area (Å²) in [5.41, 5.74) is 7.87. The largest absolute Gasteiger partial charge is 0.379 e. The number of hydrogen-bond donors (Lipinski definition) is 2. The molecule has 1 saturated heterocycles. The van der Waals surface area contributed by atoms with Gasteiger partial charge in [-0.25, -0.2) is 8.42 Å². The summed E-state index contributed by atoms with van der Waals surface area (Å²) in [4.78, 5) is 4.09. The van der Waals surface area contributed by atoms with Crippen molar-refractivity contribution in [1.29, 1.82) is 0 Å². The Labute approximate surface area is 160 Å². The molecule has 2 rings (SSSR count). The highest BCUT2D eigenvalue weighted by atomic mass is 127. The van der Waals surface area contributed by atoms with Crippen molar-refractivity contribution >= 4 is 45.6 Å². The van der Waals surface area contributed by atoms with Crippen molar-refractivity contribution in [2.45, 2.75) is 13.3 Å². The van der Waals surface area contributed by atoms with Gasteiger partial charge in [-0.2, -0.15) is 4.31 Å². The van der Waals surface area contributed by atoms with Crippen LogP contribution < -0.4 is 11.1 Å². The molecule has 0 aromatic heterocycles. The minimum absolute atomic E-state index is 0. The number of rotatable bonds is 6. The van der Waals surface area contributed by atoms with Crippen molar-refractivity contribution in [2.24, 2.45) is 10.7 Å². The van der Waals surface area contributed by atoms with Gasteiger partial charge < -0.3 is 15.8 Å². The number of guanidine groups is 1. The van der Waals surface area contributed by atoms with Crippen LogP contribution in [0.5, 0.6) is 0 Å². The van der Waals surface area contributed by atoms with E-state index in [9.17, 15) is 8.42 Å². The summed E-state index contributed by atoms with van der Waals surface area (Å²) in [7, 11) is -3.30. The normalized spacial score (nSPS) is 16.5. The van der Waals surface area contributed by atoms with Gasteiger partial charge in [-0.15, -0.1) is 24.0 Å². The molecule has 1 aromatic rings. The molecule has 1 heterocycles. The van der Waals surface area contributed by atoms with Crippen LogP contribution in [0.2, 0.25) is 0 Å². The number of hydrogen-bond acceptors (Lipinski definition) is 4. The zero-order valence-electron chi connectivity index (χ0n) is 13.8. The molecule has 7 nitrogen and oxygen atoms in total. The molecule has 0 radical (unpaired) electrons. The number of sulfonamides is 1. The summed E-state index contributed by atoms with van der Waals surface area (Å²) in [6, 6.07) is 7.87. The third-order valence-corrected chi connectivity index (χ3v) is 5.48. The minimum atomic E-state index is -3.30. The Morgan fingerprint density at radius 2 is 1.92 bits per heavy atom. The lowest BCUT2D eigenvalue weighted by Crippen LogP contribution is -2.42. The number of morpholine rings is 1. The molecule has 1 aromatic carbocycles. The van der Waals surface area contributed by atoms with Crippen molar-refractivity contribution in [2.75, 3.05) is 43.9 Å². The molecule has 1 fully saturated rings. The zero-order valence-corrected chi connectivity index (χ0v) is 16.9. The molecule has 0 spiro atoms. The third-order valence-electron chi connectivity index (χ3n) is 3.63. The summed E-state index contributed by atoms with van der Waals surface area (Å²) < 4.78 is 30.9. The first-order valence-corrected chi connectivity index (χ1v) is 9.33. The molecular weight excluding hydrogens is 443 g/mol. The van der Waals surface area contributed by atoms with Crippen molar-refractivity contribution in [3.63, 3.8) is 0 Å². The van der Waals surface area contributed by atoms with Crippen molar-refractivity contribution in [3.8, 4) is 0 Å². The zero-order chi connectivity index (χ0) is 16.7. The summed E-state index contributed by atoms with van der Waals surface area (Å²) in [6.07, 6.45) is 0.975. The number of anilines is 1. The SMILES string of the molecule is CCc1ccc(NC(N)=NCCS(=O)(=O)N2CCOCC2)cc1.I. The lowest BCUT2D eigenvalue weighted by Gasteiger charge is -2.25. The summed E-state index contributed by atoms with van der Waals surface area (Å²) in [5, 5.41) is 2.96. The highest BCUT2D eigenvalue weighted by Crippen LogP contribution is 2.09. The molecule has 0 unspecified atom stereocenters. The topological polar surface area (TPSA) is 97.0 Å². The Balaban J connectivity index is 0.00000288. The first kappa shape index (κ1) is 21.1. The van der Waals surface area contributed by atoms with E-state index in [1.165, 1.54) is 9.87 Å². The van der Waals surface area contributed by atoms with Crippen molar-refractivity contribution < 1.29 is 13.2 Å². The average Bonchev–Trinajstić information content (AvgIpc) is 2.56. The van der Waals surface area contributed by atoms with Crippen LogP contribution in [-0.4, -0.2) is 57.3 Å². The first-order chi connectivity index (χ1) is 11.0. The van der Waals surface area contributed by atoms with Gasteiger partial charge in [-0.3, -0.25) is 4.99 Å². The fourth-order valence-corrected chi connectivity index (χ4v) is 3.53. The van der Waals surface area contributed by atoms with E-state index >= 15 is 0 Å². The van der Waals surface area contributed by atoms with Crippen molar-refractivity contribution in [3.05, 3.63) is 29.8 Å². The van der Waals surface area contributed by atoms with Gasteiger partial charge >= 0.3 is 0 Å². The number of nitrogens with zero attached hydrogens (tertiary/aromatic N) is 2. The van der Waals surface area contributed by atoms with E-state index in [1.807, 2.05) is 24.3 Å². The molecule has 1 aliphatic rings. The van der Waals surface area contributed by atoms with Gasteiger partial charge in [0.25, 0.3) is 0 Å². The second kappa shape index (κ2) is 10.2. The van der Waals surface area contributed by atoms with E-state index < -0.39 is 10.0 Å². The van der Waals surface area contributed by atoms with E-state index in [4.69, 9.17) is 10.5 Å².